The van der Waals surface area contributed by atoms with Crippen molar-refractivity contribution < 1.29 is 27.5 Å². The van der Waals surface area contributed by atoms with Crippen molar-refractivity contribution in [3.8, 4) is 0 Å². The van der Waals surface area contributed by atoms with Crippen molar-refractivity contribution >= 4 is 46.3 Å². The van der Waals surface area contributed by atoms with E-state index in [4.69, 9.17) is 16.3 Å². The smallest absolute Gasteiger partial charge is 0.377 e. The van der Waals surface area contributed by atoms with Crippen LogP contribution in [0.2, 0.25) is 5.02 Å². The Hall–Kier alpha value is -4.11. The van der Waals surface area contributed by atoms with Gasteiger partial charge in [0.25, 0.3) is 5.56 Å². The van der Waals surface area contributed by atoms with Gasteiger partial charge in [0.05, 0.1) is 35.2 Å². The zero-order valence-corrected chi connectivity index (χ0v) is 25.0. The summed E-state index contributed by atoms with van der Waals surface area (Å²) < 4.78 is 47.5. The lowest BCUT2D eigenvalue weighted by Gasteiger charge is -2.36. The Morgan fingerprint density at radius 1 is 1.14 bits per heavy atom. The van der Waals surface area contributed by atoms with E-state index >= 15 is 0 Å². The number of piperazine rings is 1. The zero-order chi connectivity index (χ0) is 31.6. The number of carbonyl (C=O) groups excluding carboxylic acids is 2. The van der Waals surface area contributed by atoms with Crippen LogP contribution < -0.4 is 21.1 Å². The van der Waals surface area contributed by atoms with Crippen molar-refractivity contribution in [2.24, 2.45) is 0 Å². The van der Waals surface area contributed by atoms with E-state index in [9.17, 15) is 27.6 Å². The number of urea groups is 1. The monoisotopic (exact) mass is 636 g/mol. The summed E-state index contributed by atoms with van der Waals surface area (Å²) in [6, 6.07) is 2.50. The Kier molecular flexibility index (Phi) is 9.15. The fourth-order valence-electron chi connectivity index (χ4n) is 5.32. The van der Waals surface area contributed by atoms with Crippen LogP contribution in [0, 0.1) is 0 Å². The van der Waals surface area contributed by atoms with Gasteiger partial charge < -0.3 is 29.7 Å². The van der Waals surface area contributed by atoms with Gasteiger partial charge in [0, 0.05) is 32.7 Å². The van der Waals surface area contributed by atoms with E-state index in [2.05, 4.69) is 20.7 Å². The summed E-state index contributed by atoms with van der Waals surface area (Å²) in [6.45, 7) is 6.24. The third-order valence-corrected chi connectivity index (χ3v) is 7.81. The average molecular weight is 637 g/mol. The second-order valence-electron chi connectivity index (χ2n) is 10.3. The molecule has 1 aromatic carbocycles. The number of nitrogens with one attached hydrogen (secondary N) is 2. The molecule has 12 nitrogen and oxygen atoms in total. The highest BCUT2D eigenvalue weighted by Gasteiger charge is 2.32. The first-order chi connectivity index (χ1) is 21.0. The Morgan fingerprint density at radius 3 is 2.50 bits per heavy atom. The zero-order valence-electron chi connectivity index (χ0n) is 24.2. The van der Waals surface area contributed by atoms with Crippen molar-refractivity contribution in [1.82, 2.24) is 29.4 Å². The van der Waals surface area contributed by atoms with Crippen molar-refractivity contribution in [3.05, 3.63) is 56.7 Å². The summed E-state index contributed by atoms with van der Waals surface area (Å²) in [5.41, 5.74) is 0.345. The molecule has 0 unspecified atom stereocenters. The maximum absolute atomic E-state index is 14.0. The van der Waals surface area contributed by atoms with Gasteiger partial charge in [-0.1, -0.05) is 24.6 Å². The number of nitrogens with zero attached hydrogens (tertiary/aromatic N) is 6. The molecule has 3 aromatic rings. The molecule has 5 rings (SSSR count). The van der Waals surface area contributed by atoms with Gasteiger partial charge in [-0.3, -0.25) is 9.59 Å². The summed E-state index contributed by atoms with van der Waals surface area (Å²) in [5.74, 6) is -0.105. The molecule has 2 aromatic heterocycles. The van der Waals surface area contributed by atoms with Crippen molar-refractivity contribution in [3.63, 3.8) is 0 Å². The minimum absolute atomic E-state index is 0.0102. The highest BCUT2D eigenvalue weighted by molar-refractivity contribution is 6.33. The number of alkyl halides is 3. The number of carbonyl (C=O) groups is 2. The van der Waals surface area contributed by atoms with Crippen LogP contribution in [0.4, 0.5) is 29.3 Å². The Balaban J connectivity index is 1.53. The van der Waals surface area contributed by atoms with E-state index in [1.54, 1.807) is 9.47 Å². The number of benzene rings is 1. The maximum atomic E-state index is 14.0. The molecule has 16 heteroatoms. The molecule has 0 saturated carbocycles. The standard InChI is InChI=1S/C28H32ClF3N8O4/c1-3-21-23(37-9-11-38(12-10-37)27(43)33-4-2)25(42)40-26(35-24(36-40)17-7-13-44-14-8-17)39(21)16-22(41)34-20-6-5-18(15-19(20)29)28(30,31)32/h5-7,15H,3-4,8-14,16H2,1-2H3,(H,33,43)(H,34,41). The molecule has 2 aliphatic rings. The van der Waals surface area contributed by atoms with Gasteiger partial charge in [0.15, 0.2) is 5.82 Å². The number of anilines is 2. The van der Waals surface area contributed by atoms with E-state index in [0.717, 1.165) is 23.8 Å². The predicted octanol–water partition coefficient (Wildman–Crippen LogP) is 3.42. The van der Waals surface area contributed by atoms with Crippen molar-refractivity contribution in [2.75, 3.05) is 56.2 Å². The Bertz CT molecular complexity index is 1660. The Morgan fingerprint density at radius 2 is 1.89 bits per heavy atom. The van der Waals surface area contributed by atoms with Gasteiger partial charge in [-0.15, -0.1) is 5.10 Å². The summed E-state index contributed by atoms with van der Waals surface area (Å²) in [5, 5.41) is 9.62. The maximum Gasteiger partial charge on any atom is 0.416 e. The SMILES string of the molecule is CCNC(=O)N1CCN(c2c(CC)n(CC(=O)Nc3ccc(C(F)(F)F)cc3Cl)c3nc(C4=CCOCC4)nn3c2=O)CC1. The number of hydrogen-bond acceptors (Lipinski definition) is 7. The lowest BCUT2D eigenvalue weighted by atomic mass is 10.1. The van der Waals surface area contributed by atoms with Crippen LogP contribution in [0.5, 0.6) is 0 Å². The predicted molar refractivity (Wildman–Crippen MR) is 158 cm³/mol. The molecule has 0 atom stereocenters. The minimum atomic E-state index is -4.59. The number of ether oxygens (including phenoxy) is 1. The molecule has 44 heavy (non-hydrogen) atoms. The second-order valence-corrected chi connectivity index (χ2v) is 10.7. The topological polar surface area (TPSA) is 126 Å². The van der Waals surface area contributed by atoms with Gasteiger partial charge in [0.1, 0.15) is 12.2 Å². The number of aromatic nitrogens is 4. The molecule has 2 aliphatic heterocycles. The number of rotatable bonds is 7. The quantitative estimate of drug-likeness (QED) is 0.407. The summed E-state index contributed by atoms with van der Waals surface area (Å²) >= 11 is 6.08. The molecule has 0 bridgehead atoms. The van der Waals surface area contributed by atoms with E-state index < -0.39 is 23.2 Å². The van der Waals surface area contributed by atoms with E-state index in [1.807, 2.05) is 24.8 Å². The molecule has 1 saturated heterocycles. The van der Waals surface area contributed by atoms with Gasteiger partial charge in [-0.2, -0.15) is 22.7 Å². The molecule has 0 aliphatic carbocycles. The van der Waals surface area contributed by atoms with E-state index in [0.29, 0.717) is 76.0 Å². The van der Waals surface area contributed by atoms with Crippen LogP contribution in [0.1, 0.15) is 37.4 Å². The Labute approximate surface area is 255 Å². The summed E-state index contributed by atoms with van der Waals surface area (Å²) in [7, 11) is 0. The van der Waals surface area contributed by atoms with E-state index in [1.165, 1.54) is 4.52 Å². The highest BCUT2D eigenvalue weighted by atomic mass is 35.5. The lowest BCUT2D eigenvalue weighted by Crippen LogP contribution is -2.53. The normalized spacial score (nSPS) is 15.8. The molecule has 2 N–H and O–H groups in total. The third kappa shape index (κ3) is 6.38. The molecular weight excluding hydrogens is 605 g/mol. The van der Waals surface area contributed by atoms with Crippen molar-refractivity contribution in [1.29, 1.82) is 0 Å². The third-order valence-electron chi connectivity index (χ3n) is 7.49. The van der Waals surface area contributed by atoms with Crippen molar-refractivity contribution in [2.45, 2.75) is 39.4 Å². The van der Waals surface area contributed by atoms with Gasteiger partial charge in [-0.05, 0) is 43.5 Å². The fourth-order valence-corrected chi connectivity index (χ4v) is 5.55. The first kappa shape index (κ1) is 31.3. The van der Waals surface area contributed by atoms with E-state index in [-0.39, 0.29) is 29.1 Å². The molecule has 4 heterocycles. The summed E-state index contributed by atoms with van der Waals surface area (Å²) in [6.07, 6.45) is -1.84. The van der Waals surface area contributed by atoms with Crippen LogP contribution in [0.15, 0.2) is 29.1 Å². The highest BCUT2D eigenvalue weighted by Crippen LogP contribution is 2.34. The van der Waals surface area contributed by atoms with Crippen LogP contribution in [0.25, 0.3) is 11.4 Å². The average Bonchev–Trinajstić information content (AvgIpc) is 3.46. The largest absolute Gasteiger partial charge is 0.416 e. The van der Waals surface area contributed by atoms with Gasteiger partial charge in [-0.25, -0.2) is 4.79 Å². The lowest BCUT2D eigenvalue weighted by molar-refractivity contribution is -0.137. The van der Waals surface area contributed by atoms with Crippen LogP contribution in [-0.4, -0.2) is 81.9 Å². The van der Waals surface area contributed by atoms with Crippen LogP contribution in [0.3, 0.4) is 0 Å². The number of amides is 3. The first-order valence-electron chi connectivity index (χ1n) is 14.3. The molecular formula is C28H32ClF3N8O4. The number of fused-ring (bicyclic) bond motifs is 1. The molecule has 0 radical (unpaired) electrons. The summed E-state index contributed by atoms with van der Waals surface area (Å²) in [4.78, 5) is 47.9. The van der Waals surface area contributed by atoms with Gasteiger partial charge in [0.2, 0.25) is 11.7 Å². The number of hydrogen-bond donors (Lipinski definition) is 2. The minimum Gasteiger partial charge on any atom is -0.377 e. The molecule has 1 fully saturated rings. The first-order valence-corrected chi connectivity index (χ1v) is 14.6. The van der Waals surface area contributed by atoms with Crippen LogP contribution >= 0.6 is 11.6 Å². The van der Waals surface area contributed by atoms with Crippen LogP contribution in [-0.2, 0) is 28.7 Å². The fraction of sp³-hybridized carbons (Fsp3) is 0.464. The second kappa shape index (κ2) is 12.9. The molecule has 3 amide bonds. The molecule has 0 spiro atoms. The number of halogens is 4. The van der Waals surface area contributed by atoms with Gasteiger partial charge >= 0.3 is 12.2 Å². The molecule has 236 valence electrons.